The predicted octanol–water partition coefficient (Wildman–Crippen LogP) is 5.18. The molecular weight excluding hydrogens is 448 g/mol. The maximum atomic E-state index is 13.0. The number of thioether (sulfide) groups is 1. The number of halogens is 1. The topological polar surface area (TPSA) is 49.4 Å². The minimum absolute atomic E-state index is 0.0104. The van der Waals surface area contributed by atoms with Crippen LogP contribution in [-0.4, -0.2) is 35.1 Å². The van der Waals surface area contributed by atoms with Gasteiger partial charge < -0.3 is 10.2 Å². The molecule has 0 saturated heterocycles. The van der Waals surface area contributed by atoms with Crippen molar-refractivity contribution in [2.45, 2.75) is 51.1 Å². The van der Waals surface area contributed by atoms with Crippen LogP contribution in [0.5, 0.6) is 0 Å². The van der Waals surface area contributed by atoms with E-state index in [-0.39, 0.29) is 11.8 Å². The fourth-order valence-corrected chi connectivity index (χ4v) is 4.13. The van der Waals surface area contributed by atoms with E-state index in [4.69, 9.17) is 0 Å². The summed E-state index contributed by atoms with van der Waals surface area (Å²) in [5, 5.41) is 2.90. The molecule has 156 valence electrons. The van der Waals surface area contributed by atoms with Crippen molar-refractivity contribution < 1.29 is 9.59 Å². The molecule has 0 aliphatic heterocycles. The Morgan fingerprint density at radius 2 is 1.90 bits per heavy atom. The van der Waals surface area contributed by atoms with Crippen LogP contribution in [0.15, 0.2) is 57.9 Å². The molecule has 0 radical (unpaired) electrons. The summed E-state index contributed by atoms with van der Waals surface area (Å²) in [5.74, 6) is 0.560. The van der Waals surface area contributed by atoms with Crippen LogP contribution in [-0.2, 0) is 16.1 Å². The second-order valence-corrected chi connectivity index (χ2v) is 9.11. The Kier molecular flexibility index (Phi) is 9.74. The number of nitrogens with zero attached hydrogens (tertiary/aromatic N) is 1. The normalized spacial score (nSPS) is 11.7. The first kappa shape index (κ1) is 23.5. The summed E-state index contributed by atoms with van der Waals surface area (Å²) in [6.45, 7) is 6.90. The summed E-state index contributed by atoms with van der Waals surface area (Å²) in [6.07, 6.45) is 1.25. The maximum absolute atomic E-state index is 13.0. The second-order valence-electron chi connectivity index (χ2n) is 7.03. The Morgan fingerprint density at radius 1 is 1.17 bits per heavy atom. The molecule has 0 unspecified atom stereocenters. The van der Waals surface area contributed by atoms with Gasteiger partial charge in [-0.1, -0.05) is 52.7 Å². The molecule has 0 heterocycles. The lowest BCUT2D eigenvalue weighted by molar-refractivity contribution is -0.140. The first-order valence-corrected chi connectivity index (χ1v) is 11.7. The number of hydrogen-bond donors (Lipinski definition) is 1. The van der Waals surface area contributed by atoms with Crippen molar-refractivity contribution >= 4 is 39.5 Å². The zero-order chi connectivity index (χ0) is 21.2. The maximum Gasteiger partial charge on any atom is 0.242 e. The van der Waals surface area contributed by atoms with Crippen molar-refractivity contribution in [1.82, 2.24) is 10.2 Å². The van der Waals surface area contributed by atoms with E-state index in [1.54, 1.807) is 23.6 Å². The lowest BCUT2D eigenvalue weighted by atomic mass is 10.1. The van der Waals surface area contributed by atoms with Crippen molar-refractivity contribution in [2.75, 3.05) is 12.3 Å². The third-order valence-electron chi connectivity index (χ3n) is 4.56. The van der Waals surface area contributed by atoms with Crippen LogP contribution in [0.2, 0.25) is 0 Å². The first-order valence-electron chi connectivity index (χ1n) is 9.91. The van der Waals surface area contributed by atoms with Gasteiger partial charge >= 0.3 is 0 Å². The SMILES string of the molecule is CCCNC(=O)[C@H](C)N(Cc1cccc(Br)c1)C(=O)CCSc1ccc(C)cc1. The van der Waals surface area contributed by atoms with E-state index in [1.807, 2.05) is 31.2 Å². The molecule has 0 aliphatic rings. The second kappa shape index (κ2) is 12.0. The number of hydrogen-bond acceptors (Lipinski definition) is 3. The molecule has 2 rings (SSSR count). The first-order chi connectivity index (χ1) is 13.9. The number of rotatable bonds is 10. The number of amides is 2. The van der Waals surface area contributed by atoms with Gasteiger partial charge in [-0.15, -0.1) is 11.8 Å². The molecule has 2 aromatic rings. The Morgan fingerprint density at radius 3 is 2.55 bits per heavy atom. The highest BCUT2D eigenvalue weighted by atomic mass is 79.9. The molecule has 0 aliphatic carbocycles. The number of carbonyl (C=O) groups is 2. The van der Waals surface area contributed by atoms with Crippen LogP contribution in [0, 0.1) is 6.92 Å². The summed E-state index contributed by atoms with van der Waals surface area (Å²) >= 11 is 5.14. The molecule has 29 heavy (non-hydrogen) atoms. The molecule has 0 bridgehead atoms. The standard InChI is InChI=1S/C23H29BrN2O2S/c1-4-13-25-23(28)18(3)26(16-19-6-5-7-20(24)15-19)22(27)12-14-29-21-10-8-17(2)9-11-21/h5-11,15,18H,4,12-14,16H2,1-3H3,(H,25,28)/t18-/m0/s1. The average molecular weight is 477 g/mol. The van der Waals surface area contributed by atoms with E-state index >= 15 is 0 Å². The van der Waals surface area contributed by atoms with Crippen LogP contribution in [0.3, 0.4) is 0 Å². The van der Waals surface area contributed by atoms with Crippen LogP contribution in [0.1, 0.15) is 37.8 Å². The van der Waals surface area contributed by atoms with Crippen molar-refractivity contribution in [3.8, 4) is 0 Å². The van der Waals surface area contributed by atoms with Gasteiger partial charge in [0.1, 0.15) is 6.04 Å². The minimum Gasteiger partial charge on any atom is -0.354 e. The zero-order valence-corrected chi connectivity index (χ0v) is 19.7. The van der Waals surface area contributed by atoms with Gasteiger partial charge in [-0.2, -0.15) is 0 Å². The van der Waals surface area contributed by atoms with E-state index < -0.39 is 6.04 Å². The lowest BCUT2D eigenvalue weighted by Gasteiger charge is -2.29. The third kappa shape index (κ3) is 7.86. The van der Waals surface area contributed by atoms with Crippen molar-refractivity contribution in [1.29, 1.82) is 0 Å². The van der Waals surface area contributed by atoms with Gasteiger partial charge in [-0.3, -0.25) is 9.59 Å². The molecule has 1 N–H and O–H groups in total. The molecule has 2 aromatic carbocycles. The zero-order valence-electron chi connectivity index (χ0n) is 17.3. The number of nitrogens with one attached hydrogen (secondary N) is 1. The number of carbonyl (C=O) groups excluding carboxylic acids is 2. The van der Waals surface area contributed by atoms with E-state index in [9.17, 15) is 9.59 Å². The summed E-state index contributed by atoms with van der Waals surface area (Å²) in [6, 6.07) is 15.6. The predicted molar refractivity (Wildman–Crippen MR) is 124 cm³/mol. The Balaban J connectivity index is 2.04. The lowest BCUT2D eigenvalue weighted by Crippen LogP contribution is -2.47. The highest BCUT2D eigenvalue weighted by Crippen LogP contribution is 2.21. The van der Waals surface area contributed by atoms with Crippen molar-refractivity contribution in [3.63, 3.8) is 0 Å². The van der Waals surface area contributed by atoms with Gasteiger partial charge in [-0.05, 0) is 50.1 Å². The van der Waals surface area contributed by atoms with Crippen LogP contribution < -0.4 is 5.32 Å². The van der Waals surface area contributed by atoms with Crippen molar-refractivity contribution in [2.24, 2.45) is 0 Å². The molecule has 0 saturated carbocycles. The number of aryl methyl sites for hydroxylation is 1. The monoisotopic (exact) mass is 476 g/mol. The Labute approximate surface area is 186 Å². The molecule has 6 heteroatoms. The third-order valence-corrected chi connectivity index (χ3v) is 6.07. The largest absolute Gasteiger partial charge is 0.354 e. The van der Waals surface area contributed by atoms with Gasteiger partial charge in [0.2, 0.25) is 11.8 Å². The van der Waals surface area contributed by atoms with E-state index in [1.165, 1.54) is 5.56 Å². The highest BCUT2D eigenvalue weighted by molar-refractivity contribution is 9.10. The Bertz CT molecular complexity index is 811. The molecule has 0 spiro atoms. The average Bonchev–Trinajstić information content (AvgIpc) is 2.71. The fraction of sp³-hybridized carbons (Fsp3) is 0.391. The van der Waals surface area contributed by atoms with E-state index in [0.29, 0.717) is 25.3 Å². The van der Waals surface area contributed by atoms with E-state index in [0.717, 1.165) is 21.4 Å². The minimum atomic E-state index is -0.516. The molecule has 4 nitrogen and oxygen atoms in total. The molecule has 0 fully saturated rings. The van der Waals surface area contributed by atoms with E-state index in [2.05, 4.69) is 52.4 Å². The summed E-state index contributed by atoms with van der Waals surface area (Å²) in [5.41, 5.74) is 2.21. The van der Waals surface area contributed by atoms with Crippen molar-refractivity contribution in [3.05, 3.63) is 64.1 Å². The van der Waals surface area contributed by atoms with Gasteiger partial charge in [0.25, 0.3) is 0 Å². The summed E-state index contributed by atoms with van der Waals surface area (Å²) in [7, 11) is 0. The number of benzene rings is 2. The van der Waals surface area contributed by atoms with Gasteiger partial charge in [0.05, 0.1) is 0 Å². The molecule has 2 amide bonds. The quantitative estimate of drug-likeness (QED) is 0.480. The van der Waals surface area contributed by atoms with Crippen LogP contribution in [0.4, 0.5) is 0 Å². The van der Waals surface area contributed by atoms with Crippen LogP contribution >= 0.6 is 27.7 Å². The molecule has 1 atom stereocenters. The Hall–Kier alpha value is -1.79. The summed E-state index contributed by atoms with van der Waals surface area (Å²) < 4.78 is 0.959. The van der Waals surface area contributed by atoms with Gasteiger partial charge in [-0.25, -0.2) is 0 Å². The highest BCUT2D eigenvalue weighted by Gasteiger charge is 2.25. The van der Waals surface area contributed by atoms with Gasteiger partial charge in [0.15, 0.2) is 0 Å². The summed E-state index contributed by atoms with van der Waals surface area (Å²) in [4.78, 5) is 28.4. The van der Waals surface area contributed by atoms with Gasteiger partial charge in [0, 0.05) is 34.6 Å². The molecule has 0 aromatic heterocycles. The fourth-order valence-electron chi connectivity index (χ4n) is 2.84. The smallest absolute Gasteiger partial charge is 0.242 e. The van der Waals surface area contributed by atoms with Crippen LogP contribution in [0.25, 0.3) is 0 Å². The molecular formula is C23H29BrN2O2S.